The number of hydrogen-bond donors (Lipinski definition) is 2. The van der Waals surface area contributed by atoms with Crippen LogP contribution in [0.4, 0.5) is 5.69 Å². The summed E-state index contributed by atoms with van der Waals surface area (Å²) in [6.07, 6.45) is 1.47. The fourth-order valence-electron chi connectivity index (χ4n) is 2.12. The van der Waals surface area contributed by atoms with Crippen molar-refractivity contribution < 1.29 is 4.79 Å². The van der Waals surface area contributed by atoms with Crippen LogP contribution >= 0.6 is 0 Å². The van der Waals surface area contributed by atoms with Crippen LogP contribution in [0.5, 0.6) is 0 Å². The second kappa shape index (κ2) is 7.80. The van der Waals surface area contributed by atoms with E-state index in [-0.39, 0.29) is 17.4 Å². The van der Waals surface area contributed by atoms with Gasteiger partial charge in [0.1, 0.15) is 0 Å². The molecule has 0 aliphatic heterocycles. The van der Waals surface area contributed by atoms with Gasteiger partial charge < -0.3 is 10.6 Å². The minimum absolute atomic E-state index is 0.0644. The molecule has 4 heteroatoms. The third kappa shape index (κ3) is 6.42. The second-order valence-corrected chi connectivity index (χ2v) is 6.23. The van der Waals surface area contributed by atoms with Gasteiger partial charge in [0, 0.05) is 31.6 Å². The molecule has 0 saturated heterocycles. The van der Waals surface area contributed by atoms with E-state index in [1.54, 1.807) is 0 Å². The molecular formula is C17H25N3O. The van der Waals surface area contributed by atoms with E-state index in [0.29, 0.717) is 6.42 Å². The van der Waals surface area contributed by atoms with Gasteiger partial charge in [0.15, 0.2) is 0 Å². The molecule has 0 fully saturated rings. The van der Waals surface area contributed by atoms with Crippen LogP contribution in [-0.4, -0.2) is 12.5 Å². The molecule has 1 atom stereocenters. The van der Waals surface area contributed by atoms with Crippen molar-refractivity contribution in [3.05, 3.63) is 29.8 Å². The lowest BCUT2D eigenvalue weighted by atomic mass is 9.87. The Kier molecular flexibility index (Phi) is 6.39. The smallest absolute Gasteiger partial charge is 0.221 e. The van der Waals surface area contributed by atoms with Crippen molar-refractivity contribution in [1.82, 2.24) is 5.32 Å². The largest absolute Gasteiger partial charge is 0.326 e. The van der Waals surface area contributed by atoms with Gasteiger partial charge in [-0.1, -0.05) is 26.0 Å². The van der Waals surface area contributed by atoms with E-state index < -0.39 is 0 Å². The van der Waals surface area contributed by atoms with Crippen LogP contribution in [0.1, 0.15) is 52.1 Å². The minimum atomic E-state index is -0.0644. The molecule has 1 amide bonds. The summed E-state index contributed by atoms with van der Waals surface area (Å²) in [5.74, 6) is -0.0644. The number of hydrogen-bond acceptors (Lipinski definition) is 3. The van der Waals surface area contributed by atoms with Crippen molar-refractivity contribution in [3.8, 4) is 6.07 Å². The van der Waals surface area contributed by atoms with Crippen molar-refractivity contribution in [2.24, 2.45) is 5.41 Å². The Morgan fingerprint density at radius 3 is 2.76 bits per heavy atom. The number of carbonyl (C=O) groups is 1. The molecule has 0 aliphatic rings. The van der Waals surface area contributed by atoms with Gasteiger partial charge in [0.25, 0.3) is 0 Å². The van der Waals surface area contributed by atoms with E-state index in [1.807, 2.05) is 24.3 Å². The van der Waals surface area contributed by atoms with E-state index in [9.17, 15) is 4.79 Å². The molecule has 0 saturated carbocycles. The first-order valence-corrected chi connectivity index (χ1v) is 7.32. The second-order valence-electron chi connectivity index (χ2n) is 6.23. The summed E-state index contributed by atoms with van der Waals surface area (Å²) in [5, 5.41) is 15.0. The van der Waals surface area contributed by atoms with Gasteiger partial charge in [-0.05, 0) is 36.5 Å². The molecule has 0 aromatic heterocycles. The Morgan fingerprint density at radius 2 is 2.14 bits per heavy atom. The summed E-state index contributed by atoms with van der Waals surface area (Å²) >= 11 is 0. The van der Waals surface area contributed by atoms with Crippen molar-refractivity contribution in [1.29, 1.82) is 5.26 Å². The van der Waals surface area contributed by atoms with Crippen LogP contribution < -0.4 is 10.6 Å². The van der Waals surface area contributed by atoms with Crippen LogP contribution in [0.15, 0.2) is 24.3 Å². The van der Waals surface area contributed by atoms with Crippen molar-refractivity contribution in [2.45, 2.75) is 46.6 Å². The molecule has 21 heavy (non-hydrogen) atoms. The summed E-state index contributed by atoms with van der Waals surface area (Å²) in [6, 6.07) is 10.3. The maximum atomic E-state index is 11.1. The lowest BCUT2D eigenvalue weighted by Gasteiger charge is -2.26. The van der Waals surface area contributed by atoms with E-state index in [0.717, 1.165) is 24.2 Å². The molecule has 4 nitrogen and oxygen atoms in total. The zero-order chi connectivity index (χ0) is 15.9. The number of anilines is 1. The first kappa shape index (κ1) is 17.2. The molecule has 1 rings (SSSR count). The van der Waals surface area contributed by atoms with Crippen LogP contribution in [0.2, 0.25) is 0 Å². The molecule has 0 bridgehead atoms. The highest BCUT2D eigenvalue weighted by atomic mass is 16.1. The van der Waals surface area contributed by atoms with Crippen molar-refractivity contribution in [2.75, 3.05) is 11.9 Å². The number of amides is 1. The standard InChI is InChI=1S/C17H25N3O/c1-13(19-12-17(3,4)9-6-10-18)15-7-5-8-16(11-15)20-14(2)21/h5,7-8,11,13,19H,6,9,12H2,1-4H3,(H,20,21). The molecule has 114 valence electrons. The van der Waals surface area contributed by atoms with Gasteiger partial charge in [-0.15, -0.1) is 0 Å². The fourth-order valence-corrected chi connectivity index (χ4v) is 2.12. The van der Waals surface area contributed by atoms with Gasteiger partial charge in [0.2, 0.25) is 5.91 Å². The maximum Gasteiger partial charge on any atom is 0.221 e. The Morgan fingerprint density at radius 1 is 1.43 bits per heavy atom. The number of nitrogens with one attached hydrogen (secondary N) is 2. The van der Waals surface area contributed by atoms with E-state index >= 15 is 0 Å². The van der Waals surface area contributed by atoms with Gasteiger partial charge >= 0.3 is 0 Å². The van der Waals surface area contributed by atoms with Gasteiger partial charge in [0.05, 0.1) is 6.07 Å². The van der Waals surface area contributed by atoms with Crippen molar-refractivity contribution >= 4 is 11.6 Å². The highest BCUT2D eigenvalue weighted by Gasteiger charge is 2.18. The predicted molar refractivity (Wildman–Crippen MR) is 85.8 cm³/mol. The summed E-state index contributed by atoms with van der Waals surface area (Å²) in [5.41, 5.74) is 2.05. The predicted octanol–water partition coefficient (Wildman–Crippen LogP) is 3.63. The van der Waals surface area contributed by atoms with Crippen LogP contribution in [0.25, 0.3) is 0 Å². The molecule has 0 spiro atoms. The quantitative estimate of drug-likeness (QED) is 0.805. The molecule has 1 aromatic carbocycles. The summed E-state index contributed by atoms with van der Waals surface area (Å²) < 4.78 is 0. The average Bonchev–Trinajstić information content (AvgIpc) is 2.42. The molecular weight excluding hydrogens is 262 g/mol. The zero-order valence-electron chi connectivity index (χ0n) is 13.4. The lowest BCUT2D eigenvalue weighted by Crippen LogP contribution is -2.31. The fraction of sp³-hybridized carbons (Fsp3) is 0.529. The van der Waals surface area contributed by atoms with E-state index in [4.69, 9.17) is 5.26 Å². The Labute approximate surface area is 127 Å². The molecule has 1 aromatic rings. The monoisotopic (exact) mass is 287 g/mol. The first-order chi connectivity index (χ1) is 9.84. The molecule has 0 heterocycles. The average molecular weight is 287 g/mol. The zero-order valence-corrected chi connectivity index (χ0v) is 13.4. The minimum Gasteiger partial charge on any atom is -0.326 e. The topological polar surface area (TPSA) is 64.9 Å². The number of rotatable bonds is 7. The van der Waals surface area contributed by atoms with Crippen molar-refractivity contribution in [3.63, 3.8) is 0 Å². The number of nitrogens with zero attached hydrogens (tertiary/aromatic N) is 1. The van der Waals surface area contributed by atoms with Crippen LogP contribution in [0, 0.1) is 16.7 Å². The third-order valence-electron chi connectivity index (χ3n) is 3.51. The van der Waals surface area contributed by atoms with E-state index in [2.05, 4.69) is 37.5 Å². The van der Waals surface area contributed by atoms with Gasteiger partial charge in [-0.3, -0.25) is 4.79 Å². The van der Waals surface area contributed by atoms with Crippen LogP contribution in [0.3, 0.4) is 0 Å². The molecule has 1 unspecified atom stereocenters. The normalized spacial score (nSPS) is 12.5. The first-order valence-electron chi connectivity index (χ1n) is 7.32. The SMILES string of the molecule is CC(=O)Nc1cccc(C(C)NCC(C)(C)CCC#N)c1. The van der Waals surface area contributed by atoms with Gasteiger partial charge in [-0.25, -0.2) is 0 Å². The molecule has 2 N–H and O–H groups in total. The highest BCUT2D eigenvalue weighted by Crippen LogP contribution is 2.23. The lowest BCUT2D eigenvalue weighted by molar-refractivity contribution is -0.114. The number of benzene rings is 1. The summed E-state index contributed by atoms with van der Waals surface area (Å²) in [6.45, 7) is 8.79. The Balaban J connectivity index is 2.61. The number of carbonyl (C=O) groups excluding carboxylic acids is 1. The Hall–Kier alpha value is -1.86. The third-order valence-corrected chi connectivity index (χ3v) is 3.51. The van der Waals surface area contributed by atoms with E-state index in [1.165, 1.54) is 6.92 Å². The maximum absolute atomic E-state index is 11.1. The summed E-state index contributed by atoms with van der Waals surface area (Å²) in [4.78, 5) is 11.1. The summed E-state index contributed by atoms with van der Waals surface area (Å²) in [7, 11) is 0. The number of nitriles is 1. The Bertz CT molecular complexity index is 517. The van der Waals surface area contributed by atoms with Crippen LogP contribution in [-0.2, 0) is 4.79 Å². The molecule has 0 radical (unpaired) electrons. The highest BCUT2D eigenvalue weighted by molar-refractivity contribution is 5.88. The van der Waals surface area contributed by atoms with Gasteiger partial charge in [-0.2, -0.15) is 5.26 Å². The molecule has 0 aliphatic carbocycles.